The third kappa shape index (κ3) is 3.63. The molecule has 7 heteroatoms. The number of benzene rings is 1. The van der Waals surface area contributed by atoms with Crippen molar-refractivity contribution >= 4 is 22.8 Å². The maximum Gasteiger partial charge on any atom is 0.228 e. The van der Waals surface area contributed by atoms with Crippen LogP contribution in [0, 0.1) is 11.2 Å². The lowest BCUT2D eigenvalue weighted by Gasteiger charge is -2.42. The molecule has 168 valence electrons. The molecule has 1 amide bonds. The van der Waals surface area contributed by atoms with Gasteiger partial charge in [-0.1, -0.05) is 26.8 Å². The van der Waals surface area contributed by atoms with Crippen LogP contribution in [0.3, 0.4) is 0 Å². The molecule has 2 aromatic heterocycles. The minimum atomic E-state index is -0.384. The number of aromatic nitrogens is 3. The molecule has 32 heavy (non-hydrogen) atoms. The molecular formula is C25H30FN5O. The number of halogens is 1. The Morgan fingerprint density at radius 3 is 2.59 bits per heavy atom. The monoisotopic (exact) mass is 435 g/mol. The van der Waals surface area contributed by atoms with Gasteiger partial charge in [0.05, 0.1) is 5.39 Å². The van der Waals surface area contributed by atoms with Crippen LogP contribution in [-0.4, -0.2) is 51.0 Å². The van der Waals surface area contributed by atoms with E-state index in [1.54, 1.807) is 12.4 Å². The van der Waals surface area contributed by atoms with E-state index >= 15 is 0 Å². The Balaban J connectivity index is 1.55. The van der Waals surface area contributed by atoms with E-state index < -0.39 is 0 Å². The summed E-state index contributed by atoms with van der Waals surface area (Å²) in [4.78, 5) is 26.4. The van der Waals surface area contributed by atoms with Gasteiger partial charge in [-0.3, -0.25) is 4.79 Å². The minimum absolute atomic E-state index is 0.137. The lowest BCUT2D eigenvalue weighted by Crippen LogP contribution is -2.56. The largest absolute Gasteiger partial charge is 0.350 e. The van der Waals surface area contributed by atoms with Gasteiger partial charge in [-0.05, 0) is 49.4 Å². The van der Waals surface area contributed by atoms with Crippen molar-refractivity contribution in [3.05, 3.63) is 48.2 Å². The Bertz CT molecular complexity index is 1180. The van der Waals surface area contributed by atoms with Gasteiger partial charge in [-0.2, -0.15) is 0 Å². The second-order valence-corrected chi connectivity index (χ2v) is 10.1. The van der Waals surface area contributed by atoms with Gasteiger partial charge in [0.25, 0.3) is 0 Å². The van der Waals surface area contributed by atoms with Gasteiger partial charge in [0.2, 0.25) is 5.91 Å². The van der Waals surface area contributed by atoms with Crippen LogP contribution < -0.4 is 4.90 Å². The van der Waals surface area contributed by atoms with E-state index in [9.17, 15) is 9.18 Å². The highest BCUT2D eigenvalue weighted by Crippen LogP contribution is 2.46. The predicted octanol–water partition coefficient (Wildman–Crippen LogP) is 4.52. The van der Waals surface area contributed by atoms with Gasteiger partial charge in [-0.15, -0.1) is 0 Å². The number of anilines is 1. The Hall–Kier alpha value is -2.96. The third-order valence-electron chi connectivity index (χ3n) is 6.52. The topological polar surface area (TPSA) is 54.3 Å². The van der Waals surface area contributed by atoms with Gasteiger partial charge >= 0.3 is 0 Å². The Labute approximate surface area is 188 Å². The fourth-order valence-electron chi connectivity index (χ4n) is 4.75. The molecule has 1 aliphatic carbocycles. The van der Waals surface area contributed by atoms with Gasteiger partial charge in [0, 0.05) is 43.0 Å². The molecule has 2 fully saturated rings. The second kappa shape index (κ2) is 7.57. The zero-order valence-electron chi connectivity index (χ0n) is 19.2. The number of nitrogens with zero attached hydrogens (tertiary/aromatic N) is 5. The van der Waals surface area contributed by atoms with Crippen molar-refractivity contribution < 1.29 is 9.18 Å². The Morgan fingerprint density at radius 1 is 1.16 bits per heavy atom. The first-order chi connectivity index (χ1) is 15.2. The number of hydrogen-bond acceptors (Lipinski definition) is 4. The van der Waals surface area contributed by atoms with E-state index in [2.05, 4.69) is 23.0 Å². The van der Waals surface area contributed by atoms with Crippen molar-refractivity contribution in [1.29, 1.82) is 0 Å². The van der Waals surface area contributed by atoms with Gasteiger partial charge in [0.1, 0.15) is 23.6 Å². The summed E-state index contributed by atoms with van der Waals surface area (Å²) in [5, 5.41) is 1.06. The molecule has 0 radical (unpaired) electrons. The molecule has 0 N–H and O–H groups in total. The van der Waals surface area contributed by atoms with Crippen LogP contribution in [0.4, 0.5) is 10.2 Å². The van der Waals surface area contributed by atoms with Gasteiger partial charge in [0.15, 0.2) is 0 Å². The normalized spacial score (nSPS) is 19.6. The summed E-state index contributed by atoms with van der Waals surface area (Å²) in [5.74, 6) is 1.34. The first-order valence-electron chi connectivity index (χ1n) is 11.4. The molecule has 1 aliphatic heterocycles. The zero-order chi connectivity index (χ0) is 22.6. The molecule has 1 saturated carbocycles. The third-order valence-corrected chi connectivity index (χ3v) is 6.52. The average molecular weight is 436 g/mol. The van der Waals surface area contributed by atoms with Crippen LogP contribution in [-0.2, 0) is 4.79 Å². The maximum atomic E-state index is 14.0. The summed E-state index contributed by atoms with van der Waals surface area (Å²) >= 11 is 0. The van der Waals surface area contributed by atoms with Crippen molar-refractivity contribution in [2.45, 2.75) is 52.5 Å². The number of amides is 1. The molecule has 3 heterocycles. The average Bonchev–Trinajstić information content (AvgIpc) is 3.52. The fourth-order valence-corrected chi connectivity index (χ4v) is 4.75. The summed E-state index contributed by atoms with van der Waals surface area (Å²) in [6, 6.07) is 6.76. The highest BCUT2D eigenvalue weighted by Gasteiger charge is 2.35. The summed E-state index contributed by atoms with van der Waals surface area (Å²) in [7, 11) is 0. The van der Waals surface area contributed by atoms with Crippen LogP contribution in [0.15, 0.2) is 36.8 Å². The van der Waals surface area contributed by atoms with Crippen molar-refractivity contribution in [2.24, 2.45) is 5.41 Å². The highest BCUT2D eigenvalue weighted by molar-refractivity contribution is 5.93. The molecule has 1 aromatic carbocycles. The first-order valence-corrected chi connectivity index (χ1v) is 11.4. The molecule has 0 spiro atoms. The summed E-state index contributed by atoms with van der Waals surface area (Å²) in [6.07, 6.45) is 6.02. The van der Waals surface area contributed by atoms with Crippen molar-refractivity contribution in [3.8, 4) is 5.69 Å². The number of rotatable bonds is 3. The van der Waals surface area contributed by atoms with Crippen molar-refractivity contribution in [1.82, 2.24) is 19.4 Å². The number of fused-ring (bicyclic) bond motifs is 1. The van der Waals surface area contributed by atoms with E-state index in [4.69, 9.17) is 4.98 Å². The predicted molar refractivity (Wildman–Crippen MR) is 124 cm³/mol. The summed E-state index contributed by atoms with van der Waals surface area (Å²) in [6.45, 7) is 10.1. The Morgan fingerprint density at radius 2 is 1.94 bits per heavy atom. The van der Waals surface area contributed by atoms with Gasteiger partial charge < -0.3 is 14.4 Å². The summed E-state index contributed by atoms with van der Waals surface area (Å²) in [5.41, 5.74) is 2.43. The lowest BCUT2D eigenvalue weighted by atomic mass is 9.94. The molecule has 2 aliphatic rings. The standard InChI is InChI=1S/C25H30FN5O/c1-16-13-29(24(32)25(2,3)4)10-11-30(16)22-21-20(17-8-9-17)14-31(23(21)28-15-27-22)19-7-5-6-18(26)12-19/h5-7,12,14-17H,8-11,13H2,1-4H3/t16-/m0/s1. The minimum Gasteiger partial charge on any atom is -0.350 e. The molecule has 0 bridgehead atoms. The van der Waals surface area contributed by atoms with Crippen LogP contribution in [0.1, 0.15) is 52.0 Å². The van der Waals surface area contributed by atoms with E-state index in [-0.39, 0.29) is 23.2 Å². The van der Waals surface area contributed by atoms with Crippen molar-refractivity contribution in [2.75, 3.05) is 24.5 Å². The molecule has 0 unspecified atom stereocenters. The molecule has 3 aromatic rings. The smallest absolute Gasteiger partial charge is 0.228 e. The van der Waals surface area contributed by atoms with E-state index in [0.29, 0.717) is 19.0 Å². The second-order valence-electron chi connectivity index (χ2n) is 10.1. The molecule has 5 rings (SSSR count). The Kier molecular flexibility index (Phi) is 4.95. The molecular weight excluding hydrogens is 405 g/mol. The van der Waals surface area contributed by atoms with Crippen LogP contribution in [0.2, 0.25) is 0 Å². The quantitative estimate of drug-likeness (QED) is 0.607. The van der Waals surface area contributed by atoms with Crippen LogP contribution in [0.5, 0.6) is 0 Å². The molecule has 1 saturated heterocycles. The lowest BCUT2D eigenvalue weighted by molar-refractivity contribution is -0.140. The molecule has 6 nitrogen and oxygen atoms in total. The van der Waals surface area contributed by atoms with Crippen molar-refractivity contribution in [3.63, 3.8) is 0 Å². The molecule has 1 atom stereocenters. The number of carbonyl (C=O) groups excluding carboxylic acids is 1. The number of carbonyl (C=O) groups is 1. The number of piperazine rings is 1. The highest BCUT2D eigenvalue weighted by atomic mass is 19.1. The van der Waals surface area contributed by atoms with E-state index in [1.165, 1.54) is 17.7 Å². The fraction of sp³-hybridized carbons (Fsp3) is 0.480. The van der Waals surface area contributed by atoms with Crippen LogP contribution in [0.25, 0.3) is 16.7 Å². The van der Waals surface area contributed by atoms with Crippen LogP contribution >= 0.6 is 0 Å². The first kappa shape index (κ1) is 20.9. The number of hydrogen-bond donors (Lipinski definition) is 0. The van der Waals surface area contributed by atoms with E-state index in [1.807, 2.05) is 36.3 Å². The summed E-state index contributed by atoms with van der Waals surface area (Å²) < 4.78 is 15.9. The SMILES string of the molecule is C[C@H]1CN(C(=O)C(C)(C)C)CCN1c1ncnc2c1c(C1CC1)cn2-c1cccc(F)c1. The van der Waals surface area contributed by atoms with Gasteiger partial charge in [-0.25, -0.2) is 14.4 Å². The zero-order valence-corrected chi connectivity index (χ0v) is 19.2. The van der Waals surface area contributed by atoms with E-state index in [0.717, 1.165) is 41.9 Å². The maximum absolute atomic E-state index is 14.0.